The van der Waals surface area contributed by atoms with E-state index in [2.05, 4.69) is 4.74 Å². The molecule has 0 N–H and O–H groups in total. The van der Waals surface area contributed by atoms with Crippen molar-refractivity contribution in [3.05, 3.63) is 11.7 Å². The average molecular weight is 436 g/mol. The highest BCUT2D eigenvalue weighted by molar-refractivity contribution is 6.03. The Hall–Kier alpha value is -2.10. The van der Waals surface area contributed by atoms with E-state index in [0.717, 1.165) is 0 Å². The third-order valence-corrected chi connectivity index (χ3v) is 2.23. The normalized spacial score (nSPS) is 15.3. The predicted molar refractivity (Wildman–Crippen MR) is 51.9 cm³/mol. The molecule has 0 radical (unpaired) electrons. The molecule has 0 aromatic heterocycles. The summed E-state index contributed by atoms with van der Waals surface area (Å²) < 4.78 is 175. The number of carbonyl (C=O) groups is 2. The van der Waals surface area contributed by atoms with Crippen molar-refractivity contribution in [2.75, 3.05) is 0 Å². The first kappa shape index (κ1) is 24.9. The molecule has 0 aromatic rings. The highest BCUT2D eigenvalue weighted by Gasteiger charge is 2.70. The van der Waals surface area contributed by atoms with E-state index >= 15 is 0 Å². The maximum Gasteiger partial charge on any atom is 0.446 e. The second-order valence-electron chi connectivity index (χ2n) is 4.42. The van der Waals surface area contributed by atoms with Crippen molar-refractivity contribution in [3.63, 3.8) is 0 Å². The van der Waals surface area contributed by atoms with E-state index in [4.69, 9.17) is 0 Å². The van der Waals surface area contributed by atoms with Crippen LogP contribution in [0.3, 0.4) is 0 Å². The highest BCUT2D eigenvalue weighted by atomic mass is 19.4. The zero-order valence-corrected chi connectivity index (χ0v) is 11.7. The molecule has 0 saturated heterocycles. The fourth-order valence-corrected chi connectivity index (χ4v) is 1.10. The Kier molecular flexibility index (Phi) is 6.58. The molecular weight excluding hydrogens is 434 g/mol. The van der Waals surface area contributed by atoms with Gasteiger partial charge in [0.05, 0.1) is 0 Å². The van der Waals surface area contributed by atoms with Crippen LogP contribution in [0.15, 0.2) is 11.7 Å². The molecule has 0 unspecified atom stereocenters. The second kappa shape index (κ2) is 7.14. The lowest BCUT2D eigenvalue weighted by Gasteiger charge is -2.25. The smallest absolute Gasteiger partial charge is 0.396 e. The summed E-state index contributed by atoms with van der Waals surface area (Å²) in [7, 11) is 0. The van der Waals surface area contributed by atoms with Gasteiger partial charge in [-0.3, -0.25) is 4.79 Å². The van der Waals surface area contributed by atoms with E-state index in [-0.39, 0.29) is 0 Å². The van der Waals surface area contributed by atoms with Crippen LogP contribution in [0.4, 0.5) is 61.5 Å². The van der Waals surface area contributed by atoms with Gasteiger partial charge in [-0.15, -0.1) is 0 Å². The van der Waals surface area contributed by atoms with Gasteiger partial charge in [0.15, 0.2) is 0 Å². The Labute approximate surface area is 137 Å². The lowest BCUT2D eigenvalue weighted by molar-refractivity contribution is -0.298. The summed E-state index contributed by atoms with van der Waals surface area (Å²) in [4.78, 5) is 21.2. The zero-order chi connectivity index (χ0) is 22.2. The molecule has 0 aromatic carbocycles. The second-order valence-corrected chi connectivity index (χ2v) is 4.42. The molecule has 0 rings (SSSR count). The van der Waals surface area contributed by atoms with Crippen LogP contribution >= 0.6 is 0 Å². The fraction of sp³-hybridized carbons (Fsp3) is 0.600. The number of hydrogen-bond donors (Lipinski definition) is 0. The summed E-state index contributed by atoms with van der Waals surface area (Å²) in [5, 5.41) is 0. The van der Waals surface area contributed by atoms with Gasteiger partial charge in [0.2, 0.25) is 11.7 Å². The van der Waals surface area contributed by atoms with Crippen molar-refractivity contribution < 1.29 is 75.8 Å². The minimum atomic E-state index is -6.94. The Morgan fingerprint density at radius 2 is 1.11 bits per heavy atom. The van der Waals surface area contributed by atoms with Crippen LogP contribution in [-0.4, -0.2) is 42.1 Å². The van der Waals surface area contributed by atoms with Crippen LogP contribution in [-0.2, 0) is 14.3 Å². The summed E-state index contributed by atoms with van der Waals surface area (Å²) >= 11 is 0. The molecule has 0 aliphatic carbocycles. The van der Waals surface area contributed by atoms with Crippen molar-refractivity contribution in [1.29, 1.82) is 0 Å². The number of ether oxygens (including phenoxy) is 1. The maximum absolute atomic E-state index is 13.1. The number of carbonyl (C=O) groups excluding carboxylic acids is 2. The monoisotopic (exact) mass is 436 g/mol. The van der Waals surface area contributed by atoms with Crippen molar-refractivity contribution in [3.8, 4) is 0 Å². The minimum absolute atomic E-state index is 2.19. The van der Waals surface area contributed by atoms with Gasteiger partial charge in [0.1, 0.15) is 6.42 Å². The standard InChI is InChI=1S/C10H2F14O3/c11-2(3(12)10(22,23)24)4(25)8(18,19)9(20,21)5(26)27-7(16,17)1-6(13,14)15/h1H2. The van der Waals surface area contributed by atoms with E-state index in [1.807, 2.05) is 0 Å². The van der Waals surface area contributed by atoms with Gasteiger partial charge in [-0.25, -0.2) is 4.79 Å². The van der Waals surface area contributed by atoms with Crippen LogP contribution in [0, 0.1) is 0 Å². The number of halogens is 14. The fourth-order valence-electron chi connectivity index (χ4n) is 1.10. The summed E-state index contributed by atoms with van der Waals surface area (Å²) in [6, 6.07) is 0. The number of rotatable bonds is 6. The van der Waals surface area contributed by atoms with Crippen molar-refractivity contribution in [1.82, 2.24) is 0 Å². The molecule has 17 heteroatoms. The van der Waals surface area contributed by atoms with Crippen LogP contribution < -0.4 is 0 Å². The van der Waals surface area contributed by atoms with Gasteiger partial charge < -0.3 is 4.74 Å². The first-order valence-corrected chi connectivity index (χ1v) is 5.67. The van der Waals surface area contributed by atoms with Crippen molar-refractivity contribution in [2.45, 2.75) is 36.7 Å². The van der Waals surface area contributed by atoms with E-state index < -0.39 is 60.1 Å². The first-order valence-electron chi connectivity index (χ1n) is 5.67. The summed E-state index contributed by atoms with van der Waals surface area (Å²) in [6.45, 7) is 0. The lowest BCUT2D eigenvalue weighted by Crippen LogP contribution is -2.54. The van der Waals surface area contributed by atoms with E-state index in [1.54, 1.807) is 0 Å². The van der Waals surface area contributed by atoms with Crippen LogP contribution in [0.1, 0.15) is 6.42 Å². The zero-order valence-electron chi connectivity index (χ0n) is 11.7. The quantitative estimate of drug-likeness (QED) is 0.347. The molecule has 0 bridgehead atoms. The minimum Gasteiger partial charge on any atom is -0.396 e. The summed E-state index contributed by atoms with van der Waals surface area (Å²) in [5.74, 6) is -30.7. The summed E-state index contributed by atoms with van der Waals surface area (Å²) in [5.41, 5.74) is 0. The molecule has 0 spiro atoms. The lowest BCUT2D eigenvalue weighted by atomic mass is 10.1. The molecule has 0 aliphatic rings. The summed E-state index contributed by atoms with van der Waals surface area (Å²) in [6.07, 6.45) is -21.6. The number of allylic oxidation sites excluding steroid dienone is 2. The van der Waals surface area contributed by atoms with E-state index in [1.165, 1.54) is 0 Å². The molecular formula is C10H2F14O3. The first-order chi connectivity index (χ1) is 11.6. The molecule has 0 saturated carbocycles. The van der Waals surface area contributed by atoms with Gasteiger partial charge in [0, 0.05) is 0 Å². The Morgan fingerprint density at radius 1 is 0.704 bits per heavy atom. The van der Waals surface area contributed by atoms with Crippen LogP contribution in [0.5, 0.6) is 0 Å². The third kappa shape index (κ3) is 5.95. The average Bonchev–Trinajstić information content (AvgIpc) is 2.40. The predicted octanol–water partition coefficient (Wildman–Crippen LogP) is 4.63. The number of Topliss-reactive ketones (excluding diaryl/α,β-unsaturated/α-hetero) is 1. The van der Waals surface area contributed by atoms with Gasteiger partial charge in [-0.1, -0.05) is 0 Å². The molecule has 3 nitrogen and oxygen atoms in total. The number of alkyl halides is 12. The van der Waals surface area contributed by atoms with E-state index in [0.29, 0.717) is 0 Å². The SMILES string of the molecule is O=C(OC(F)(F)CC(F)(F)F)C(F)(F)C(F)(F)C(=O)C(F)=C(F)C(F)(F)F. The molecule has 158 valence electrons. The number of hydrogen-bond acceptors (Lipinski definition) is 3. The van der Waals surface area contributed by atoms with Gasteiger partial charge in [0.25, 0.3) is 5.78 Å². The highest BCUT2D eigenvalue weighted by Crippen LogP contribution is 2.42. The number of ketones is 1. The molecule has 27 heavy (non-hydrogen) atoms. The molecule has 0 heterocycles. The van der Waals surface area contributed by atoms with Gasteiger partial charge in [-0.2, -0.15) is 61.5 Å². The van der Waals surface area contributed by atoms with Crippen molar-refractivity contribution in [2.24, 2.45) is 0 Å². The Bertz CT molecular complexity index is 626. The number of esters is 1. The Balaban J connectivity index is 5.79. The topological polar surface area (TPSA) is 43.4 Å². The Morgan fingerprint density at radius 3 is 1.44 bits per heavy atom. The molecule has 0 aliphatic heterocycles. The van der Waals surface area contributed by atoms with Gasteiger partial charge >= 0.3 is 36.3 Å². The van der Waals surface area contributed by atoms with Crippen LogP contribution in [0.25, 0.3) is 0 Å². The third-order valence-electron chi connectivity index (χ3n) is 2.23. The molecule has 0 atom stereocenters. The maximum atomic E-state index is 13.1. The van der Waals surface area contributed by atoms with Gasteiger partial charge in [-0.05, 0) is 0 Å². The van der Waals surface area contributed by atoms with Crippen molar-refractivity contribution >= 4 is 11.8 Å². The van der Waals surface area contributed by atoms with Crippen LogP contribution in [0.2, 0.25) is 0 Å². The largest absolute Gasteiger partial charge is 0.446 e. The molecule has 0 amide bonds. The molecule has 0 fully saturated rings. The van der Waals surface area contributed by atoms with E-state index in [9.17, 15) is 71.1 Å².